The summed E-state index contributed by atoms with van der Waals surface area (Å²) < 4.78 is 19.5. The van der Waals surface area contributed by atoms with Crippen molar-refractivity contribution in [2.24, 2.45) is 5.14 Å². The Kier molecular flexibility index (Phi) is 6.12. The first-order valence-corrected chi connectivity index (χ1v) is 3.02. The van der Waals surface area contributed by atoms with Gasteiger partial charge in [-0.15, -0.1) is 0 Å². The molecule has 0 fully saturated rings. The number of nitrogens with two attached hydrogens (primary N) is 1. The molecular formula is C2H6KNO3S. The van der Waals surface area contributed by atoms with Crippen LogP contribution in [0, 0.1) is 0 Å². The molecule has 2 N–H and O–H groups in total. The zero-order valence-corrected chi connectivity index (χ0v) is 4.53. The molecule has 0 aliphatic heterocycles. The molecule has 0 bridgehead atoms. The van der Waals surface area contributed by atoms with Gasteiger partial charge in [0.25, 0.3) is 15.1 Å². The molecule has 0 atom stereocenters. The van der Waals surface area contributed by atoms with Gasteiger partial charge in [0.15, 0.2) is 0 Å². The van der Waals surface area contributed by atoms with Gasteiger partial charge in [-0.1, -0.05) is 0 Å². The number of carbonyl (C=O) groups is 1. The number of hydrogen-bond acceptors (Lipinski definition) is 3. The van der Waals surface area contributed by atoms with E-state index in [4.69, 9.17) is 0 Å². The molecule has 44 valence electrons. The molecule has 4 nitrogen and oxygen atoms in total. The second-order valence-electron chi connectivity index (χ2n) is 1.04. The normalized spacial score (nSPS) is 9.75. The number of carbonyl (C=O) groups excluding carboxylic acids is 1. The molecule has 0 aromatic heterocycles. The van der Waals surface area contributed by atoms with Crippen molar-refractivity contribution in [3.63, 3.8) is 0 Å². The predicted molar refractivity (Wildman–Crippen MR) is 30.9 cm³/mol. The fourth-order valence-corrected chi connectivity index (χ4v) is 0. The van der Waals surface area contributed by atoms with Crippen LogP contribution in [-0.2, 0) is 14.8 Å². The predicted octanol–water partition coefficient (Wildman–Crippen LogP) is -1.83. The molecule has 0 unspecified atom stereocenters. The molecule has 0 saturated heterocycles. The average molecular weight is 163 g/mol. The fourth-order valence-electron chi connectivity index (χ4n) is 0. The molecule has 6 heteroatoms. The third kappa shape index (κ3) is 5.35. The molecule has 8 heavy (non-hydrogen) atoms. The SMILES string of the molecule is CC(=O)S(N)(=O)=O.[KH]. The van der Waals surface area contributed by atoms with E-state index >= 15 is 0 Å². The minimum atomic E-state index is -3.88. The van der Waals surface area contributed by atoms with Crippen molar-refractivity contribution >= 4 is 66.5 Å². The van der Waals surface area contributed by atoms with Crippen LogP contribution >= 0.6 is 0 Å². The zero-order chi connectivity index (χ0) is 6.08. The van der Waals surface area contributed by atoms with Crippen molar-refractivity contribution in [3.8, 4) is 0 Å². The Labute approximate surface area is 90.3 Å². The summed E-state index contributed by atoms with van der Waals surface area (Å²) in [6.07, 6.45) is 0. The van der Waals surface area contributed by atoms with Crippen molar-refractivity contribution in [1.82, 2.24) is 0 Å². The van der Waals surface area contributed by atoms with Crippen LogP contribution in [0.25, 0.3) is 0 Å². The Morgan fingerprint density at radius 2 is 1.62 bits per heavy atom. The summed E-state index contributed by atoms with van der Waals surface area (Å²) in [5, 5.41) is 3.29. The molecule has 0 aliphatic rings. The van der Waals surface area contributed by atoms with E-state index in [1.165, 1.54) is 0 Å². The van der Waals surface area contributed by atoms with Crippen molar-refractivity contribution in [3.05, 3.63) is 0 Å². The summed E-state index contributed by atoms with van der Waals surface area (Å²) in [4.78, 5) is 9.75. The Hall–Kier alpha value is 1.22. The summed E-state index contributed by atoms with van der Waals surface area (Å²) in [7, 11) is -3.88. The van der Waals surface area contributed by atoms with E-state index in [1.54, 1.807) is 0 Å². The first-order chi connectivity index (χ1) is 2.94. The van der Waals surface area contributed by atoms with E-state index in [0.717, 1.165) is 6.92 Å². The molecule has 0 aromatic carbocycles. The van der Waals surface area contributed by atoms with Gasteiger partial charge in [-0.3, -0.25) is 4.79 Å². The van der Waals surface area contributed by atoms with Crippen LogP contribution in [0.1, 0.15) is 6.92 Å². The summed E-state index contributed by atoms with van der Waals surface area (Å²) in [6, 6.07) is 0. The van der Waals surface area contributed by atoms with Gasteiger partial charge in [-0.2, -0.15) is 0 Å². The van der Waals surface area contributed by atoms with Crippen molar-refractivity contribution in [2.45, 2.75) is 6.92 Å². The van der Waals surface area contributed by atoms with E-state index in [0.29, 0.717) is 0 Å². The van der Waals surface area contributed by atoms with Crippen molar-refractivity contribution in [2.75, 3.05) is 0 Å². The van der Waals surface area contributed by atoms with Crippen LogP contribution < -0.4 is 5.14 Å². The third-order valence-corrected chi connectivity index (χ3v) is 1.20. The standard InChI is InChI=1S/C2H5NO3S.K.H/c1-2(4)7(3,5)6;;/h1H3,(H2,3,5,6);;. The summed E-state index contributed by atoms with van der Waals surface area (Å²) in [6.45, 7) is 0.898. The summed E-state index contributed by atoms with van der Waals surface area (Å²) >= 11 is 0. The molecule has 0 aromatic rings. The molecule has 0 spiro atoms. The molecule has 0 rings (SSSR count). The molecule has 0 radical (unpaired) electrons. The van der Waals surface area contributed by atoms with Crippen LogP contribution in [0.4, 0.5) is 0 Å². The van der Waals surface area contributed by atoms with Crippen molar-refractivity contribution in [1.29, 1.82) is 0 Å². The van der Waals surface area contributed by atoms with Gasteiger partial charge in [-0.25, -0.2) is 13.6 Å². The van der Waals surface area contributed by atoms with E-state index < -0.39 is 15.1 Å². The summed E-state index contributed by atoms with van der Waals surface area (Å²) in [5.41, 5.74) is 0. The van der Waals surface area contributed by atoms with E-state index in [-0.39, 0.29) is 51.4 Å². The zero-order valence-electron chi connectivity index (χ0n) is 3.71. The van der Waals surface area contributed by atoms with Crippen molar-refractivity contribution < 1.29 is 13.2 Å². The number of primary sulfonamides is 1. The van der Waals surface area contributed by atoms with Crippen LogP contribution in [0.3, 0.4) is 0 Å². The van der Waals surface area contributed by atoms with Crippen LogP contribution in [0.2, 0.25) is 0 Å². The Bertz CT molecular complexity index is 172. The van der Waals surface area contributed by atoms with Gasteiger partial charge in [-0.05, 0) is 0 Å². The maximum absolute atomic E-state index is 9.76. The minimum absolute atomic E-state index is 0. The van der Waals surface area contributed by atoms with Gasteiger partial charge < -0.3 is 0 Å². The maximum atomic E-state index is 9.76. The number of sulfonamides is 1. The Balaban J connectivity index is 0. The van der Waals surface area contributed by atoms with Gasteiger partial charge in [0.05, 0.1) is 0 Å². The number of hydrogen-bond donors (Lipinski definition) is 1. The van der Waals surface area contributed by atoms with Gasteiger partial charge in [0.2, 0.25) is 0 Å². The van der Waals surface area contributed by atoms with Crippen LogP contribution in [0.15, 0.2) is 0 Å². The molecule has 0 saturated carbocycles. The summed E-state index contributed by atoms with van der Waals surface area (Å²) in [5.74, 6) is 0. The van der Waals surface area contributed by atoms with E-state index in [9.17, 15) is 13.2 Å². The molecule has 0 aliphatic carbocycles. The van der Waals surface area contributed by atoms with E-state index in [1.807, 2.05) is 0 Å². The van der Waals surface area contributed by atoms with Gasteiger partial charge in [0, 0.05) is 6.92 Å². The first kappa shape index (κ1) is 11.9. The topological polar surface area (TPSA) is 77.2 Å². The van der Waals surface area contributed by atoms with Gasteiger partial charge in [0.1, 0.15) is 0 Å². The van der Waals surface area contributed by atoms with Gasteiger partial charge >= 0.3 is 51.4 Å². The first-order valence-electron chi connectivity index (χ1n) is 1.48. The average Bonchev–Trinajstić information content (AvgIpc) is 1.31. The molecule has 0 amide bonds. The van der Waals surface area contributed by atoms with Crippen LogP contribution in [-0.4, -0.2) is 64.9 Å². The molecular weight excluding hydrogens is 157 g/mol. The Morgan fingerprint density at radius 3 is 1.62 bits per heavy atom. The second kappa shape index (κ2) is 4.10. The Morgan fingerprint density at radius 1 is 1.50 bits per heavy atom. The fraction of sp³-hybridized carbons (Fsp3) is 0.500. The molecule has 0 heterocycles. The second-order valence-corrected chi connectivity index (χ2v) is 2.70. The van der Waals surface area contributed by atoms with E-state index in [2.05, 4.69) is 5.14 Å². The third-order valence-electron chi connectivity index (χ3n) is 0.401. The number of rotatable bonds is 0. The van der Waals surface area contributed by atoms with Crippen LogP contribution in [0.5, 0.6) is 0 Å². The quantitative estimate of drug-likeness (QED) is 0.427. The monoisotopic (exact) mass is 163 g/mol.